The molecule has 118 valence electrons. The fraction of sp³-hybridized carbons (Fsp3) is 0.647. The second kappa shape index (κ2) is 7.36. The van der Waals surface area contributed by atoms with Crippen LogP contribution in [0.2, 0.25) is 0 Å². The zero-order chi connectivity index (χ0) is 15.3. The molecule has 2 unspecified atom stereocenters. The highest BCUT2D eigenvalue weighted by Gasteiger charge is 2.31. The lowest BCUT2D eigenvalue weighted by Gasteiger charge is -2.36. The molecule has 1 aliphatic rings. The molecule has 1 heterocycles. The molecule has 0 saturated carbocycles. The Morgan fingerprint density at radius 3 is 2.52 bits per heavy atom. The van der Waals surface area contributed by atoms with Gasteiger partial charge in [0.2, 0.25) is 0 Å². The summed E-state index contributed by atoms with van der Waals surface area (Å²) in [6, 6.07) is 10.2. The predicted octanol–water partition coefficient (Wildman–Crippen LogP) is 1.80. The van der Waals surface area contributed by atoms with Crippen LogP contribution in [0.15, 0.2) is 30.3 Å². The van der Waals surface area contributed by atoms with Gasteiger partial charge in [-0.1, -0.05) is 37.3 Å². The number of ether oxygens (including phenoxy) is 1. The molecule has 1 aromatic carbocycles. The number of aliphatic hydroxyl groups is 1. The zero-order valence-corrected chi connectivity index (χ0v) is 13.2. The van der Waals surface area contributed by atoms with E-state index in [0.29, 0.717) is 25.7 Å². The fourth-order valence-corrected chi connectivity index (χ4v) is 3.09. The minimum Gasteiger partial charge on any atom is -0.388 e. The lowest BCUT2D eigenvalue weighted by Crippen LogP contribution is -2.47. The first kappa shape index (κ1) is 16.4. The lowest BCUT2D eigenvalue weighted by atomic mass is 9.92. The Balaban J connectivity index is 1.85. The summed E-state index contributed by atoms with van der Waals surface area (Å²) in [4.78, 5) is 2.19. The van der Waals surface area contributed by atoms with Crippen LogP contribution in [-0.2, 0) is 4.74 Å². The Morgan fingerprint density at radius 2 is 1.90 bits per heavy atom. The molecule has 1 aromatic rings. The van der Waals surface area contributed by atoms with Crippen molar-refractivity contribution in [3.05, 3.63) is 35.9 Å². The fourth-order valence-electron chi connectivity index (χ4n) is 3.09. The third-order valence-corrected chi connectivity index (χ3v) is 4.38. The summed E-state index contributed by atoms with van der Waals surface area (Å²) >= 11 is 0. The molecule has 3 N–H and O–H groups in total. The van der Waals surface area contributed by atoms with Crippen molar-refractivity contribution in [1.29, 1.82) is 0 Å². The van der Waals surface area contributed by atoms with Gasteiger partial charge in [-0.05, 0) is 18.5 Å². The molecule has 21 heavy (non-hydrogen) atoms. The van der Waals surface area contributed by atoms with Crippen molar-refractivity contribution in [2.75, 3.05) is 33.4 Å². The minimum absolute atomic E-state index is 0.0259. The Hall–Kier alpha value is -0.940. The average molecular weight is 292 g/mol. The molecule has 0 bridgehead atoms. The Labute approximate surface area is 127 Å². The van der Waals surface area contributed by atoms with E-state index in [1.165, 1.54) is 5.56 Å². The van der Waals surface area contributed by atoms with Crippen molar-refractivity contribution in [2.24, 2.45) is 11.7 Å². The third kappa shape index (κ3) is 4.78. The van der Waals surface area contributed by atoms with Crippen LogP contribution in [0.5, 0.6) is 0 Å². The molecule has 0 aromatic heterocycles. The van der Waals surface area contributed by atoms with E-state index in [2.05, 4.69) is 31.0 Å². The number of likely N-dealkylation sites (N-methyl/N-ethyl adjacent to an activating group) is 1. The summed E-state index contributed by atoms with van der Waals surface area (Å²) < 4.78 is 5.33. The molecule has 0 aliphatic carbocycles. The van der Waals surface area contributed by atoms with Crippen molar-refractivity contribution in [3.8, 4) is 0 Å². The van der Waals surface area contributed by atoms with Crippen LogP contribution < -0.4 is 5.73 Å². The van der Waals surface area contributed by atoms with Crippen molar-refractivity contribution in [1.82, 2.24) is 4.90 Å². The monoisotopic (exact) mass is 292 g/mol. The van der Waals surface area contributed by atoms with Crippen LogP contribution in [0, 0.1) is 5.92 Å². The molecule has 0 spiro atoms. The first-order chi connectivity index (χ1) is 10.0. The standard InChI is InChI=1S/C17H28N2O2/c1-14(16(18)15-6-4-3-5-7-15)12-19(2)13-17(20)8-10-21-11-9-17/h3-7,14,16,20H,8-13,18H2,1-2H3. The first-order valence-electron chi connectivity index (χ1n) is 7.79. The minimum atomic E-state index is -0.608. The van der Waals surface area contributed by atoms with Gasteiger partial charge in [0.1, 0.15) is 0 Å². The van der Waals surface area contributed by atoms with Gasteiger partial charge in [0, 0.05) is 45.2 Å². The van der Waals surface area contributed by atoms with E-state index in [4.69, 9.17) is 10.5 Å². The van der Waals surface area contributed by atoms with Crippen LogP contribution in [-0.4, -0.2) is 49.0 Å². The average Bonchev–Trinajstić information content (AvgIpc) is 2.47. The zero-order valence-electron chi connectivity index (χ0n) is 13.2. The van der Waals surface area contributed by atoms with Gasteiger partial charge >= 0.3 is 0 Å². The molecular weight excluding hydrogens is 264 g/mol. The quantitative estimate of drug-likeness (QED) is 0.839. The maximum atomic E-state index is 10.6. The molecule has 1 aliphatic heterocycles. The molecular formula is C17H28N2O2. The maximum Gasteiger partial charge on any atom is 0.0817 e. The molecule has 4 nitrogen and oxygen atoms in total. The molecule has 2 rings (SSSR count). The van der Waals surface area contributed by atoms with Crippen molar-refractivity contribution < 1.29 is 9.84 Å². The Kier molecular flexibility index (Phi) is 5.76. The maximum absolute atomic E-state index is 10.6. The third-order valence-electron chi connectivity index (χ3n) is 4.38. The predicted molar refractivity (Wildman–Crippen MR) is 85.0 cm³/mol. The second-order valence-corrected chi connectivity index (χ2v) is 6.45. The summed E-state index contributed by atoms with van der Waals surface area (Å²) in [7, 11) is 2.06. The summed E-state index contributed by atoms with van der Waals surface area (Å²) in [5.41, 5.74) is 6.91. The number of hydrogen-bond acceptors (Lipinski definition) is 4. The van der Waals surface area contributed by atoms with Crippen LogP contribution in [0.25, 0.3) is 0 Å². The summed E-state index contributed by atoms with van der Waals surface area (Å²) in [5.74, 6) is 0.334. The summed E-state index contributed by atoms with van der Waals surface area (Å²) in [5, 5.41) is 10.6. The highest BCUT2D eigenvalue weighted by atomic mass is 16.5. The largest absolute Gasteiger partial charge is 0.388 e. The highest BCUT2D eigenvalue weighted by Crippen LogP contribution is 2.24. The van der Waals surface area contributed by atoms with E-state index in [-0.39, 0.29) is 6.04 Å². The van der Waals surface area contributed by atoms with Crippen LogP contribution in [0.4, 0.5) is 0 Å². The molecule has 1 fully saturated rings. The number of rotatable bonds is 6. The van der Waals surface area contributed by atoms with Gasteiger partial charge in [-0.15, -0.1) is 0 Å². The smallest absolute Gasteiger partial charge is 0.0817 e. The van der Waals surface area contributed by atoms with Crippen LogP contribution >= 0.6 is 0 Å². The van der Waals surface area contributed by atoms with E-state index in [9.17, 15) is 5.11 Å². The highest BCUT2D eigenvalue weighted by molar-refractivity contribution is 5.19. The van der Waals surface area contributed by atoms with E-state index in [1.54, 1.807) is 0 Å². The van der Waals surface area contributed by atoms with Gasteiger partial charge in [0.25, 0.3) is 0 Å². The Morgan fingerprint density at radius 1 is 1.29 bits per heavy atom. The first-order valence-corrected chi connectivity index (χ1v) is 7.79. The number of benzene rings is 1. The summed E-state index contributed by atoms with van der Waals surface area (Å²) in [6.45, 7) is 5.04. The molecule has 2 atom stereocenters. The Bertz CT molecular complexity index is 418. The van der Waals surface area contributed by atoms with Crippen molar-refractivity contribution in [3.63, 3.8) is 0 Å². The van der Waals surface area contributed by atoms with E-state index >= 15 is 0 Å². The normalized spacial score (nSPS) is 21.2. The van der Waals surface area contributed by atoms with Crippen LogP contribution in [0.3, 0.4) is 0 Å². The molecule has 1 saturated heterocycles. The van der Waals surface area contributed by atoms with Gasteiger partial charge < -0.3 is 20.5 Å². The van der Waals surface area contributed by atoms with E-state index in [1.807, 2.05) is 18.2 Å². The van der Waals surface area contributed by atoms with E-state index < -0.39 is 5.60 Å². The summed E-state index contributed by atoms with van der Waals surface area (Å²) in [6.07, 6.45) is 1.44. The lowest BCUT2D eigenvalue weighted by molar-refractivity contribution is -0.0781. The van der Waals surface area contributed by atoms with E-state index in [0.717, 1.165) is 19.4 Å². The van der Waals surface area contributed by atoms with Gasteiger partial charge in [-0.25, -0.2) is 0 Å². The number of hydrogen-bond donors (Lipinski definition) is 2. The second-order valence-electron chi connectivity index (χ2n) is 6.45. The molecule has 4 heteroatoms. The van der Waals surface area contributed by atoms with Gasteiger partial charge in [-0.3, -0.25) is 0 Å². The van der Waals surface area contributed by atoms with Crippen molar-refractivity contribution in [2.45, 2.75) is 31.4 Å². The van der Waals surface area contributed by atoms with Crippen LogP contribution in [0.1, 0.15) is 31.4 Å². The molecule has 0 amide bonds. The SMILES string of the molecule is CC(CN(C)CC1(O)CCOCC1)C(N)c1ccccc1. The van der Waals surface area contributed by atoms with Gasteiger partial charge in [0.15, 0.2) is 0 Å². The van der Waals surface area contributed by atoms with Gasteiger partial charge in [-0.2, -0.15) is 0 Å². The van der Waals surface area contributed by atoms with Crippen molar-refractivity contribution >= 4 is 0 Å². The topological polar surface area (TPSA) is 58.7 Å². The number of nitrogens with two attached hydrogens (primary N) is 1. The van der Waals surface area contributed by atoms with Gasteiger partial charge in [0.05, 0.1) is 5.60 Å². The molecule has 0 radical (unpaired) electrons. The number of nitrogens with zero attached hydrogens (tertiary/aromatic N) is 1.